The molecule has 0 bridgehead atoms. The van der Waals surface area contributed by atoms with Crippen LogP contribution in [0.1, 0.15) is 29.7 Å². The van der Waals surface area contributed by atoms with E-state index in [-0.39, 0.29) is 10.3 Å². The molecule has 4 rings (SSSR count). The van der Waals surface area contributed by atoms with Gasteiger partial charge in [-0.2, -0.15) is 0 Å². The van der Waals surface area contributed by atoms with Gasteiger partial charge in [-0.15, -0.1) is 11.3 Å². The smallest absolute Gasteiger partial charge is 0.185 e. The van der Waals surface area contributed by atoms with Gasteiger partial charge in [-0.1, -0.05) is 35.4 Å². The first kappa shape index (κ1) is 21.3. The van der Waals surface area contributed by atoms with E-state index in [0.29, 0.717) is 37.2 Å². The number of aryl methyl sites for hydroxylation is 1. The van der Waals surface area contributed by atoms with Gasteiger partial charge in [0.25, 0.3) is 0 Å². The van der Waals surface area contributed by atoms with Crippen LogP contribution in [0.4, 0.5) is 9.52 Å². The van der Waals surface area contributed by atoms with Gasteiger partial charge in [0.2, 0.25) is 0 Å². The Hall–Kier alpha value is -1.96. The van der Waals surface area contributed by atoms with E-state index in [0.717, 1.165) is 22.0 Å². The summed E-state index contributed by atoms with van der Waals surface area (Å²) in [7, 11) is -3.32. The lowest BCUT2D eigenvalue weighted by Gasteiger charge is -2.31. The van der Waals surface area contributed by atoms with Crippen molar-refractivity contribution in [1.82, 2.24) is 4.98 Å². The summed E-state index contributed by atoms with van der Waals surface area (Å²) >= 11 is 7.28. The van der Waals surface area contributed by atoms with Crippen LogP contribution in [0.25, 0.3) is 0 Å². The zero-order valence-electron chi connectivity index (χ0n) is 16.5. The van der Waals surface area contributed by atoms with Crippen LogP contribution in [0.3, 0.4) is 0 Å². The van der Waals surface area contributed by atoms with Gasteiger partial charge in [0, 0.05) is 24.9 Å². The first-order valence-corrected chi connectivity index (χ1v) is 12.6. The van der Waals surface area contributed by atoms with E-state index in [1.54, 1.807) is 24.3 Å². The standard InChI is InChI=1S/C22H22ClFN2O2S2/c1-15-2-5-18(6-3-15)30(27,28)19-8-10-26(11-9-19)22-25-17(14-29-22)12-16-4-7-20(23)21(24)13-16/h2-7,13-14,19H,8-12H2,1H3. The van der Waals surface area contributed by atoms with E-state index in [4.69, 9.17) is 11.6 Å². The largest absolute Gasteiger partial charge is 0.348 e. The number of rotatable bonds is 5. The van der Waals surface area contributed by atoms with E-state index in [9.17, 15) is 12.8 Å². The molecule has 30 heavy (non-hydrogen) atoms. The number of sulfone groups is 1. The highest BCUT2D eigenvalue weighted by atomic mass is 35.5. The van der Waals surface area contributed by atoms with Crippen molar-refractivity contribution in [3.63, 3.8) is 0 Å². The van der Waals surface area contributed by atoms with Gasteiger partial charge in [0.1, 0.15) is 5.82 Å². The molecule has 0 N–H and O–H groups in total. The van der Waals surface area contributed by atoms with Gasteiger partial charge in [0.15, 0.2) is 15.0 Å². The third-order valence-corrected chi connectivity index (χ3v) is 8.94. The van der Waals surface area contributed by atoms with Crippen molar-refractivity contribution >= 4 is 37.9 Å². The molecule has 0 amide bonds. The Morgan fingerprint density at radius 1 is 1.17 bits per heavy atom. The molecule has 158 valence electrons. The maximum absolute atomic E-state index is 13.6. The van der Waals surface area contributed by atoms with Crippen LogP contribution >= 0.6 is 22.9 Å². The Bertz CT molecular complexity index is 1140. The molecule has 8 heteroatoms. The zero-order valence-corrected chi connectivity index (χ0v) is 18.9. The summed E-state index contributed by atoms with van der Waals surface area (Å²) in [5, 5.41) is 2.59. The van der Waals surface area contributed by atoms with E-state index in [1.807, 2.05) is 24.4 Å². The molecule has 1 aliphatic heterocycles. The molecule has 0 radical (unpaired) electrons. The summed E-state index contributed by atoms with van der Waals surface area (Å²) in [5.74, 6) is -0.429. The molecule has 0 spiro atoms. The van der Waals surface area contributed by atoms with Crippen LogP contribution in [0, 0.1) is 12.7 Å². The Balaban J connectivity index is 1.40. The lowest BCUT2D eigenvalue weighted by Crippen LogP contribution is -2.39. The molecular weight excluding hydrogens is 443 g/mol. The molecule has 1 saturated heterocycles. The van der Waals surface area contributed by atoms with Gasteiger partial charge in [-0.25, -0.2) is 17.8 Å². The summed E-state index contributed by atoms with van der Waals surface area (Å²) in [6.45, 7) is 3.25. The van der Waals surface area contributed by atoms with Crippen LogP contribution in [0.2, 0.25) is 5.02 Å². The van der Waals surface area contributed by atoms with E-state index in [1.165, 1.54) is 17.4 Å². The molecule has 0 atom stereocenters. The van der Waals surface area contributed by atoms with Crippen LogP contribution in [0.15, 0.2) is 52.7 Å². The van der Waals surface area contributed by atoms with Crippen LogP contribution in [-0.4, -0.2) is 31.7 Å². The lowest BCUT2D eigenvalue weighted by molar-refractivity contribution is 0.529. The molecule has 4 nitrogen and oxygen atoms in total. The number of halogens is 2. The summed E-state index contributed by atoms with van der Waals surface area (Å²) < 4.78 is 39.5. The van der Waals surface area contributed by atoms with Crippen molar-refractivity contribution < 1.29 is 12.8 Å². The third-order valence-electron chi connectivity index (χ3n) is 5.41. The normalized spacial score (nSPS) is 15.5. The maximum Gasteiger partial charge on any atom is 0.185 e. The molecule has 3 aromatic rings. The van der Waals surface area contributed by atoms with Crippen molar-refractivity contribution in [3.8, 4) is 0 Å². The van der Waals surface area contributed by atoms with Crippen molar-refractivity contribution in [1.29, 1.82) is 0 Å². The summed E-state index contributed by atoms with van der Waals surface area (Å²) in [4.78, 5) is 7.21. The van der Waals surface area contributed by atoms with E-state index < -0.39 is 15.7 Å². The van der Waals surface area contributed by atoms with E-state index in [2.05, 4.69) is 9.88 Å². The molecule has 1 fully saturated rings. The minimum atomic E-state index is -3.32. The van der Waals surface area contributed by atoms with Crippen molar-refractivity contribution in [2.75, 3.05) is 18.0 Å². The van der Waals surface area contributed by atoms with E-state index >= 15 is 0 Å². The highest BCUT2D eigenvalue weighted by Gasteiger charge is 2.32. The fourth-order valence-electron chi connectivity index (χ4n) is 3.66. The average Bonchev–Trinajstić information content (AvgIpc) is 3.20. The lowest BCUT2D eigenvalue weighted by atomic mass is 10.1. The predicted molar refractivity (Wildman–Crippen MR) is 120 cm³/mol. The Labute approximate surface area is 185 Å². The first-order valence-electron chi connectivity index (χ1n) is 9.77. The molecular formula is C22H22ClFN2O2S2. The molecule has 0 saturated carbocycles. The van der Waals surface area contributed by atoms with Crippen molar-refractivity contribution in [3.05, 3.63) is 75.5 Å². The fraction of sp³-hybridized carbons (Fsp3) is 0.318. The Kier molecular flexibility index (Phi) is 6.14. The number of thiazole rings is 1. The van der Waals surface area contributed by atoms with Gasteiger partial charge in [-0.3, -0.25) is 0 Å². The van der Waals surface area contributed by atoms with Gasteiger partial charge in [0.05, 0.1) is 20.9 Å². The highest BCUT2D eigenvalue weighted by molar-refractivity contribution is 7.92. The molecule has 0 unspecified atom stereocenters. The van der Waals surface area contributed by atoms with Crippen LogP contribution in [-0.2, 0) is 16.3 Å². The third kappa shape index (κ3) is 4.53. The summed E-state index contributed by atoms with van der Waals surface area (Å²) in [6.07, 6.45) is 1.68. The number of benzene rings is 2. The Morgan fingerprint density at radius 2 is 1.87 bits per heavy atom. The van der Waals surface area contributed by atoms with Crippen LogP contribution < -0.4 is 4.90 Å². The number of hydrogen-bond donors (Lipinski definition) is 0. The predicted octanol–water partition coefficient (Wildman–Crippen LogP) is 5.28. The van der Waals surface area contributed by atoms with Crippen molar-refractivity contribution in [2.45, 2.75) is 36.3 Å². The summed E-state index contributed by atoms with van der Waals surface area (Å²) in [6, 6.07) is 11.9. The average molecular weight is 465 g/mol. The fourth-order valence-corrected chi connectivity index (χ4v) is 6.39. The topological polar surface area (TPSA) is 50.3 Å². The quantitative estimate of drug-likeness (QED) is 0.515. The molecule has 0 aliphatic carbocycles. The molecule has 2 aromatic carbocycles. The molecule has 1 aromatic heterocycles. The van der Waals surface area contributed by atoms with Gasteiger partial charge >= 0.3 is 0 Å². The second-order valence-corrected chi connectivity index (χ2v) is 11.1. The van der Waals surface area contributed by atoms with Crippen molar-refractivity contribution in [2.24, 2.45) is 0 Å². The number of anilines is 1. The van der Waals surface area contributed by atoms with Crippen LogP contribution in [0.5, 0.6) is 0 Å². The van der Waals surface area contributed by atoms with Gasteiger partial charge in [-0.05, 0) is 49.6 Å². The number of nitrogens with zero attached hydrogens (tertiary/aromatic N) is 2. The first-order chi connectivity index (χ1) is 14.3. The number of aromatic nitrogens is 1. The second-order valence-electron chi connectivity index (χ2n) is 7.59. The molecule has 1 aliphatic rings. The zero-order chi connectivity index (χ0) is 21.3. The second kappa shape index (κ2) is 8.65. The SMILES string of the molecule is Cc1ccc(S(=O)(=O)C2CCN(c3nc(Cc4ccc(Cl)c(F)c4)cs3)CC2)cc1. The number of piperidine rings is 1. The minimum Gasteiger partial charge on any atom is -0.348 e. The number of hydrogen-bond acceptors (Lipinski definition) is 5. The minimum absolute atomic E-state index is 0.112. The Morgan fingerprint density at radius 3 is 2.53 bits per heavy atom. The highest BCUT2D eigenvalue weighted by Crippen LogP contribution is 2.30. The maximum atomic E-state index is 13.6. The van der Waals surface area contributed by atoms with Gasteiger partial charge < -0.3 is 4.90 Å². The summed E-state index contributed by atoms with van der Waals surface area (Å²) in [5.41, 5.74) is 2.73. The molecule has 2 heterocycles. The monoisotopic (exact) mass is 464 g/mol.